The fraction of sp³-hybridized carbons (Fsp3) is 0.588. The van der Waals surface area contributed by atoms with E-state index in [2.05, 4.69) is 5.32 Å². The third kappa shape index (κ3) is 3.24. The van der Waals surface area contributed by atoms with Gasteiger partial charge in [-0.2, -0.15) is 0 Å². The Bertz CT molecular complexity index is 550. The molecule has 4 nitrogen and oxygen atoms in total. The van der Waals surface area contributed by atoms with Gasteiger partial charge in [0.25, 0.3) is 0 Å². The number of nitrogens with zero attached hydrogens (tertiary/aromatic N) is 1. The third-order valence-corrected chi connectivity index (χ3v) is 4.45. The largest absolute Gasteiger partial charge is 0.372 e. The van der Waals surface area contributed by atoms with Gasteiger partial charge in [0.2, 0.25) is 5.91 Å². The van der Waals surface area contributed by atoms with Crippen LogP contribution in [0.15, 0.2) is 18.2 Å². The third-order valence-electron chi connectivity index (χ3n) is 4.45. The van der Waals surface area contributed by atoms with Gasteiger partial charge in [-0.25, -0.2) is 4.39 Å². The fourth-order valence-electron chi connectivity index (χ4n) is 3.13. The first-order valence-corrected chi connectivity index (χ1v) is 8.03. The highest BCUT2D eigenvalue weighted by Crippen LogP contribution is 2.29. The maximum absolute atomic E-state index is 14.4. The monoisotopic (exact) mass is 306 g/mol. The van der Waals surface area contributed by atoms with E-state index in [1.165, 1.54) is 6.07 Å². The Hall–Kier alpha value is -1.62. The molecule has 1 aliphatic carbocycles. The lowest BCUT2D eigenvalue weighted by Gasteiger charge is -2.37. The van der Waals surface area contributed by atoms with Crippen molar-refractivity contribution in [3.8, 4) is 0 Å². The quantitative estimate of drug-likeness (QED) is 0.932. The Kier molecular flexibility index (Phi) is 4.34. The Morgan fingerprint density at radius 3 is 2.50 bits per heavy atom. The number of morpholine rings is 1. The highest BCUT2D eigenvalue weighted by atomic mass is 19.1. The summed E-state index contributed by atoms with van der Waals surface area (Å²) in [7, 11) is 0. The van der Waals surface area contributed by atoms with Crippen LogP contribution >= 0.6 is 0 Å². The van der Waals surface area contributed by atoms with E-state index in [0.29, 0.717) is 24.5 Å². The number of amides is 1. The molecule has 0 unspecified atom stereocenters. The zero-order valence-corrected chi connectivity index (χ0v) is 13.1. The number of benzene rings is 1. The summed E-state index contributed by atoms with van der Waals surface area (Å²) in [6.45, 7) is 5.34. The minimum absolute atomic E-state index is 0.00650. The number of carbonyl (C=O) groups is 1. The predicted molar refractivity (Wildman–Crippen MR) is 84.6 cm³/mol. The van der Waals surface area contributed by atoms with Gasteiger partial charge in [0.05, 0.1) is 17.9 Å². The number of hydrogen-bond donors (Lipinski definition) is 1. The van der Waals surface area contributed by atoms with Crippen molar-refractivity contribution in [3.63, 3.8) is 0 Å². The van der Waals surface area contributed by atoms with Crippen LogP contribution in [0, 0.1) is 11.7 Å². The molecule has 22 heavy (non-hydrogen) atoms. The summed E-state index contributed by atoms with van der Waals surface area (Å²) in [5, 5.41) is 2.81. The van der Waals surface area contributed by atoms with Crippen molar-refractivity contribution in [2.75, 3.05) is 23.3 Å². The van der Waals surface area contributed by atoms with Gasteiger partial charge in [0.1, 0.15) is 5.82 Å². The lowest BCUT2D eigenvalue weighted by atomic mass is 9.85. The summed E-state index contributed by atoms with van der Waals surface area (Å²) in [6.07, 6.45) is 3.16. The average molecular weight is 306 g/mol. The van der Waals surface area contributed by atoms with E-state index in [0.717, 1.165) is 19.3 Å². The Morgan fingerprint density at radius 2 is 1.95 bits per heavy atom. The number of nitrogens with one attached hydrogen (secondary N) is 1. The van der Waals surface area contributed by atoms with E-state index in [1.54, 1.807) is 12.1 Å². The van der Waals surface area contributed by atoms with Gasteiger partial charge in [-0.15, -0.1) is 0 Å². The summed E-state index contributed by atoms with van der Waals surface area (Å²) >= 11 is 0. The molecule has 0 radical (unpaired) electrons. The number of rotatable bonds is 3. The molecule has 2 aliphatic rings. The second-order valence-corrected chi connectivity index (χ2v) is 6.45. The first-order valence-electron chi connectivity index (χ1n) is 8.03. The molecule has 1 aromatic rings. The molecule has 1 aromatic carbocycles. The van der Waals surface area contributed by atoms with E-state index in [1.807, 2.05) is 18.7 Å². The standard InChI is InChI=1S/C17H23FN2O2/c1-11-9-20(10-12(2)22-11)16-7-6-14(8-15(16)18)19-17(21)13-4-3-5-13/h6-8,11-13H,3-5,9-10H2,1-2H3,(H,19,21)/t11-,12+. The van der Waals surface area contributed by atoms with Crippen LogP contribution in [0.4, 0.5) is 15.8 Å². The predicted octanol–water partition coefficient (Wildman–Crippen LogP) is 3.18. The van der Waals surface area contributed by atoms with E-state index in [4.69, 9.17) is 4.74 Å². The molecule has 0 aromatic heterocycles. The van der Waals surface area contributed by atoms with Crippen molar-refractivity contribution >= 4 is 17.3 Å². The van der Waals surface area contributed by atoms with Crippen LogP contribution in [0.1, 0.15) is 33.1 Å². The maximum atomic E-state index is 14.4. The molecular formula is C17H23FN2O2. The second kappa shape index (κ2) is 6.24. The van der Waals surface area contributed by atoms with Gasteiger partial charge in [-0.05, 0) is 44.9 Å². The molecule has 1 saturated heterocycles. The Morgan fingerprint density at radius 1 is 1.27 bits per heavy atom. The van der Waals surface area contributed by atoms with Crippen molar-refractivity contribution < 1.29 is 13.9 Å². The van der Waals surface area contributed by atoms with Crippen molar-refractivity contribution in [1.82, 2.24) is 0 Å². The van der Waals surface area contributed by atoms with Crippen molar-refractivity contribution in [1.29, 1.82) is 0 Å². The topological polar surface area (TPSA) is 41.6 Å². The van der Waals surface area contributed by atoms with E-state index >= 15 is 0 Å². The summed E-state index contributed by atoms with van der Waals surface area (Å²) in [6, 6.07) is 4.94. The molecule has 1 N–H and O–H groups in total. The summed E-state index contributed by atoms with van der Waals surface area (Å²) < 4.78 is 20.1. The minimum Gasteiger partial charge on any atom is -0.372 e. The van der Waals surface area contributed by atoms with Crippen LogP contribution in [0.5, 0.6) is 0 Å². The Balaban J connectivity index is 1.70. The summed E-state index contributed by atoms with van der Waals surface area (Å²) in [5.74, 6) is -0.191. The van der Waals surface area contributed by atoms with Crippen LogP contribution in [-0.2, 0) is 9.53 Å². The van der Waals surface area contributed by atoms with Crippen molar-refractivity contribution in [2.45, 2.75) is 45.3 Å². The van der Waals surface area contributed by atoms with Gasteiger partial charge in [-0.3, -0.25) is 4.79 Å². The molecule has 1 saturated carbocycles. The zero-order valence-electron chi connectivity index (χ0n) is 13.1. The van der Waals surface area contributed by atoms with Gasteiger partial charge in [-0.1, -0.05) is 6.42 Å². The van der Waals surface area contributed by atoms with Crippen LogP contribution in [0.3, 0.4) is 0 Å². The highest BCUT2D eigenvalue weighted by molar-refractivity contribution is 5.93. The zero-order chi connectivity index (χ0) is 15.7. The molecule has 1 aliphatic heterocycles. The van der Waals surface area contributed by atoms with E-state index in [-0.39, 0.29) is 29.9 Å². The molecule has 2 fully saturated rings. The van der Waals surface area contributed by atoms with Crippen LogP contribution < -0.4 is 10.2 Å². The SMILES string of the molecule is C[C@@H]1CN(c2ccc(NC(=O)C3CCC3)cc2F)C[C@H](C)O1. The number of carbonyl (C=O) groups excluding carboxylic acids is 1. The second-order valence-electron chi connectivity index (χ2n) is 6.45. The number of ether oxygens (including phenoxy) is 1. The molecule has 1 amide bonds. The van der Waals surface area contributed by atoms with Gasteiger partial charge in [0.15, 0.2) is 0 Å². The summed E-state index contributed by atoms with van der Waals surface area (Å²) in [4.78, 5) is 13.9. The molecule has 120 valence electrons. The normalized spacial score (nSPS) is 25.7. The van der Waals surface area contributed by atoms with Crippen LogP contribution in [0.25, 0.3) is 0 Å². The molecular weight excluding hydrogens is 283 g/mol. The van der Waals surface area contributed by atoms with Crippen molar-refractivity contribution in [3.05, 3.63) is 24.0 Å². The van der Waals surface area contributed by atoms with Gasteiger partial charge in [0, 0.05) is 24.7 Å². The highest BCUT2D eigenvalue weighted by Gasteiger charge is 2.26. The molecule has 1 heterocycles. The fourth-order valence-corrected chi connectivity index (χ4v) is 3.13. The molecule has 5 heteroatoms. The van der Waals surface area contributed by atoms with Gasteiger partial charge < -0.3 is 15.0 Å². The van der Waals surface area contributed by atoms with Crippen LogP contribution in [-0.4, -0.2) is 31.2 Å². The first kappa shape index (κ1) is 15.3. The smallest absolute Gasteiger partial charge is 0.227 e. The van der Waals surface area contributed by atoms with Crippen LogP contribution in [0.2, 0.25) is 0 Å². The molecule has 3 rings (SSSR count). The number of anilines is 2. The minimum atomic E-state index is -0.298. The number of hydrogen-bond acceptors (Lipinski definition) is 3. The molecule has 0 spiro atoms. The Labute approximate surface area is 130 Å². The maximum Gasteiger partial charge on any atom is 0.227 e. The summed E-state index contributed by atoms with van der Waals surface area (Å²) in [5.41, 5.74) is 1.11. The lowest BCUT2D eigenvalue weighted by Crippen LogP contribution is -2.45. The van der Waals surface area contributed by atoms with E-state index < -0.39 is 0 Å². The number of halogens is 1. The van der Waals surface area contributed by atoms with Gasteiger partial charge >= 0.3 is 0 Å². The lowest BCUT2D eigenvalue weighted by molar-refractivity contribution is -0.122. The molecule has 2 atom stereocenters. The van der Waals surface area contributed by atoms with Crippen molar-refractivity contribution in [2.24, 2.45) is 5.92 Å². The first-order chi connectivity index (χ1) is 10.5. The van der Waals surface area contributed by atoms with E-state index in [9.17, 15) is 9.18 Å². The average Bonchev–Trinajstić information content (AvgIpc) is 2.35. The molecule has 0 bridgehead atoms.